The lowest BCUT2D eigenvalue weighted by molar-refractivity contribution is -0.130. The topological polar surface area (TPSA) is 57.8 Å². The SMILES string of the molecule is CC(C)(F)C(=O)NCc1nc2ccccc2[nH]1. The maximum atomic E-state index is 13.2. The zero-order chi connectivity index (χ0) is 12.5. The van der Waals surface area contributed by atoms with Crippen molar-refractivity contribution < 1.29 is 9.18 Å². The molecule has 1 heterocycles. The molecule has 2 rings (SSSR count). The first kappa shape index (κ1) is 11.6. The van der Waals surface area contributed by atoms with E-state index in [1.54, 1.807) is 0 Å². The summed E-state index contributed by atoms with van der Waals surface area (Å²) in [6, 6.07) is 7.55. The number of nitrogens with one attached hydrogen (secondary N) is 2. The number of aromatic nitrogens is 2. The lowest BCUT2D eigenvalue weighted by Gasteiger charge is -2.12. The van der Waals surface area contributed by atoms with Crippen molar-refractivity contribution >= 4 is 16.9 Å². The molecule has 1 aromatic heterocycles. The summed E-state index contributed by atoms with van der Waals surface area (Å²) < 4.78 is 13.2. The van der Waals surface area contributed by atoms with Gasteiger partial charge in [0.1, 0.15) is 5.82 Å². The van der Waals surface area contributed by atoms with E-state index >= 15 is 0 Å². The molecule has 2 aromatic rings. The number of para-hydroxylation sites is 2. The predicted molar refractivity (Wildman–Crippen MR) is 63.1 cm³/mol. The Balaban J connectivity index is 2.07. The molecule has 0 saturated heterocycles. The Bertz CT molecular complexity index is 509. The molecule has 5 heteroatoms. The Morgan fingerprint density at radius 3 is 2.82 bits per heavy atom. The number of aromatic amines is 1. The first-order valence-corrected chi connectivity index (χ1v) is 5.37. The summed E-state index contributed by atoms with van der Waals surface area (Å²) in [5.41, 5.74) is -0.140. The number of hydrogen-bond donors (Lipinski definition) is 2. The van der Waals surface area contributed by atoms with Gasteiger partial charge in [-0.15, -0.1) is 0 Å². The summed E-state index contributed by atoms with van der Waals surface area (Å²) in [6.07, 6.45) is 0. The van der Waals surface area contributed by atoms with Crippen LogP contribution in [0.5, 0.6) is 0 Å². The smallest absolute Gasteiger partial charge is 0.257 e. The quantitative estimate of drug-likeness (QED) is 0.854. The van der Waals surface area contributed by atoms with Gasteiger partial charge >= 0.3 is 0 Å². The van der Waals surface area contributed by atoms with Gasteiger partial charge in [-0.3, -0.25) is 4.79 Å². The van der Waals surface area contributed by atoms with E-state index in [2.05, 4.69) is 15.3 Å². The van der Waals surface area contributed by atoms with Gasteiger partial charge in [-0.25, -0.2) is 9.37 Å². The van der Waals surface area contributed by atoms with Crippen molar-refractivity contribution in [2.45, 2.75) is 26.1 Å². The number of H-pyrrole nitrogens is 1. The maximum absolute atomic E-state index is 13.2. The van der Waals surface area contributed by atoms with Crippen molar-refractivity contribution in [2.24, 2.45) is 0 Å². The number of imidazole rings is 1. The Kier molecular flexibility index (Phi) is 2.83. The van der Waals surface area contributed by atoms with Crippen molar-refractivity contribution in [1.29, 1.82) is 0 Å². The fourth-order valence-electron chi connectivity index (χ4n) is 1.46. The highest BCUT2D eigenvalue weighted by Gasteiger charge is 2.26. The summed E-state index contributed by atoms with van der Waals surface area (Å²) in [5, 5.41) is 2.49. The van der Waals surface area contributed by atoms with Gasteiger partial charge in [0.2, 0.25) is 0 Å². The number of halogens is 1. The second-order valence-electron chi connectivity index (χ2n) is 4.36. The minimum absolute atomic E-state index is 0.195. The van der Waals surface area contributed by atoms with Gasteiger partial charge in [0.25, 0.3) is 5.91 Å². The number of alkyl halides is 1. The Labute approximate surface area is 98.2 Å². The fraction of sp³-hybridized carbons (Fsp3) is 0.333. The highest BCUT2D eigenvalue weighted by molar-refractivity contribution is 5.84. The molecule has 0 bridgehead atoms. The molecule has 0 radical (unpaired) electrons. The zero-order valence-electron chi connectivity index (χ0n) is 9.75. The van der Waals surface area contributed by atoms with Crippen LogP contribution in [0.15, 0.2) is 24.3 Å². The molecule has 0 atom stereocenters. The summed E-state index contributed by atoms with van der Waals surface area (Å²) >= 11 is 0. The normalized spacial score (nSPS) is 11.7. The van der Waals surface area contributed by atoms with Crippen LogP contribution >= 0.6 is 0 Å². The van der Waals surface area contributed by atoms with E-state index in [-0.39, 0.29) is 6.54 Å². The molecule has 2 N–H and O–H groups in total. The second kappa shape index (κ2) is 4.16. The van der Waals surface area contributed by atoms with Crippen molar-refractivity contribution in [3.05, 3.63) is 30.1 Å². The van der Waals surface area contributed by atoms with Crippen molar-refractivity contribution in [1.82, 2.24) is 15.3 Å². The minimum Gasteiger partial charge on any atom is -0.346 e. The average molecular weight is 235 g/mol. The van der Waals surface area contributed by atoms with E-state index in [1.807, 2.05) is 24.3 Å². The van der Waals surface area contributed by atoms with Crippen LogP contribution < -0.4 is 5.32 Å². The second-order valence-corrected chi connectivity index (χ2v) is 4.36. The summed E-state index contributed by atoms with van der Waals surface area (Å²) in [6.45, 7) is 2.64. The summed E-state index contributed by atoms with van der Waals surface area (Å²) in [4.78, 5) is 18.7. The third kappa shape index (κ3) is 2.61. The third-order valence-corrected chi connectivity index (χ3v) is 2.39. The minimum atomic E-state index is -1.87. The Morgan fingerprint density at radius 2 is 2.18 bits per heavy atom. The van der Waals surface area contributed by atoms with E-state index < -0.39 is 11.6 Å². The summed E-state index contributed by atoms with van der Waals surface area (Å²) in [7, 11) is 0. The molecular weight excluding hydrogens is 221 g/mol. The molecule has 0 saturated carbocycles. The first-order valence-electron chi connectivity index (χ1n) is 5.37. The molecule has 90 valence electrons. The van der Waals surface area contributed by atoms with Crippen LogP contribution in [0.1, 0.15) is 19.7 Å². The van der Waals surface area contributed by atoms with Crippen LogP contribution in [0.3, 0.4) is 0 Å². The molecule has 0 fully saturated rings. The molecule has 1 aromatic carbocycles. The van der Waals surface area contributed by atoms with Gasteiger partial charge < -0.3 is 10.3 Å². The number of carbonyl (C=O) groups excluding carboxylic acids is 1. The van der Waals surface area contributed by atoms with Crippen LogP contribution in [0, 0.1) is 0 Å². The monoisotopic (exact) mass is 235 g/mol. The lowest BCUT2D eigenvalue weighted by Crippen LogP contribution is -2.38. The number of hydrogen-bond acceptors (Lipinski definition) is 2. The van der Waals surface area contributed by atoms with Crippen molar-refractivity contribution in [3.63, 3.8) is 0 Å². The lowest BCUT2D eigenvalue weighted by atomic mass is 10.1. The molecule has 0 spiro atoms. The van der Waals surface area contributed by atoms with Gasteiger partial charge in [0.15, 0.2) is 5.67 Å². The molecule has 0 aliphatic rings. The van der Waals surface area contributed by atoms with E-state index in [0.29, 0.717) is 5.82 Å². The zero-order valence-corrected chi connectivity index (χ0v) is 9.75. The van der Waals surface area contributed by atoms with Gasteiger partial charge in [-0.1, -0.05) is 12.1 Å². The Morgan fingerprint density at radius 1 is 1.47 bits per heavy atom. The number of nitrogens with zero attached hydrogens (tertiary/aromatic N) is 1. The standard InChI is InChI=1S/C12H14FN3O/c1-12(2,13)11(17)14-7-10-15-8-5-3-4-6-9(8)16-10/h3-6H,7H2,1-2H3,(H,14,17)(H,15,16). The highest BCUT2D eigenvalue weighted by Crippen LogP contribution is 2.11. The first-order chi connectivity index (χ1) is 7.97. The Hall–Kier alpha value is -1.91. The molecule has 4 nitrogen and oxygen atoms in total. The molecule has 1 amide bonds. The van der Waals surface area contributed by atoms with Crippen LogP contribution in [-0.2, 0) is 11.3 Å². The van der Waals surface area contributed by atoms with E-state index in [4.69, 9.17) is 0 Å². The van der Waals surface area contributed by atoms with E-state index in [0.717, 1.165) is 11.0 Å². The van der Waals surface area contributed by atoms with E-state index in [9.17, 15) is 9.18 Å². The van der Waals surface area contributed by atoms with Gasteiger partial charge in [0, 0.05) is 0 Å². The number of fused-ring (bicyclic) bond motifs is 1. The van der Waals surface area contributed by atoms with Gasteiger partial charge in [0.05, 0.1) is 17.6 Å². The summed E-state index contributed by atoms with van der Waals surface area (Å²) in [5.74, 6) is -0.0262. The van der Waals surface area contributed by atoms with Crippen molar-refractivity contribution in [3.8, 4) is 0 Å². The number of rotatable bonds is 3. The van der Waals surface area contributed by atoms with Gasteiger partial charge in [-0.2, -0.15) is 0 Å². The fourth-order valence-corrected chi connectivity index (χ4v) is 1.46. The van der Waals surface area contributed by atoms with Crippen LogP contribution in [0.2, 0.25) is 0 Å². The third-order valence-electron chi connectivity index (χ3n) is 2.39. The molecule has 0 aliphatic carbocycles. The highest BCUT2D eigenvalue weighted by atomic mass is 19.1. The largest absolute Gasteiger partial charge is 0.346 e. The number of amides is 1. The van der Waals surface area contributed by atoms with Crippen LogP contribution in [0.4, 0.5) is 4.39 Å². The van der Waals surface area contributed by atoms with Crippen LogP contribution in [-0.4, -0.2) is 21.5 Å². The predicted octanol–water partition coefficient (Wildman–Crippen LogP) is 1.93. The van der Waals surface area contributed by atoms with Gasteiger partial charge in [-0.05, 0) is 26.0 Å². The molecule has 17 heavy (non-hydrogen) atoms. The molecule has 0 aliphatic heterocycles. The molecular formula is C12H14FN3O. The average Bonchev–Trinajstić information content (AvgIpc) is 2.66. The van der Waals surface area contributed by atoms with Crippen LogP contribution in [0.25, 0.3) is 11.0 Å². The molecule has 0 unspecified atom stereocenters. The maximum Gasteiger partial charge on any atom is 0.257 e. The van der Waals surface area contributed by atoms with Crippen molar-refractivity contribution in [2.75, 3.05) is 0 Å². The van der Waals surface area contributed by atoms with E-state index in [1.165, 1.54) is 13.8 Å². The number of benzene rings is 1. The number of carbonyl (C=O) groups is 1.